The second-order valence-electron chi connectivity index (χ2n) is 7.52. The lowest BCUT2D eigenvalue weighted by atomic mass is 10.1. The van der Waals surface area contributed by atoms with Crippen molar-refractivity contribution < 1.29 is 23.9 Å². The standard InChI is InChI=1S/C26H21BrN2O5/c1-16(18-6-4-3-5-7-18)34-22-13-8-17(15-23(22)33-2)14-21-24(30)28-26(32)29(25(21)31)20-11-9-19(27)10-12-20/h3-16H,1-2H3,(H,28,30,32)/b21-14-/t16-/m0/s1. The van der Waals surface area contributed by atoms with E-state index in [4.69, 9.17) is 9.47 Å². The quantitative estimate of drug-likeness (QED) is 0.353. The number of carbonyl (C=O) groups excluding carboxylic acids is 3. The second kappa shape index (κ2) is 9.93. The molecule has 1 heterocycles. The average Bonchev–Trinajstić information content (AvgIpc) is 2.84. The van der Waals surface area contributed by atoms with E-state index in [2.05, 4.69) is 21.2 Å². The van der Waals surface area contributed by atoms with Crippen LogP contribution in [-0.4, -0.2) is 25.0 Å². The molecule has 0 unspecified atom stereocenters. The summed E-state index contributed by atoms with van der Waals surface area (Å²) in [7, 11) is 1.51. The molecule has 4 rings (SSSR count). The summed E-state index contributed by atoms with van der Waals surface area (Å²) in [6.45, 7) is 1.93. The van der Waals surface area contributed by atoms with Crippen LogP contribution in [0.2, 0.25) is 0 Å². The highest BCUT2D eigenvalue weighted by atomic mass is 79.9. The molecule has 1 atom stereocenters. The summed E-state index contributed by atoms with van der Waals surface area (Å²) in [6.07, 6.45) is 1.21. The van der Waals surface area contributed by atoms with E-state index >= 15 is 0 Å². The summed E-state index contributed by atoms with van der Waals surface area (Å²) in [6, 6.07) is 20.7. The Morgan fingerprint density at radius 3 is 2.32 bits per heavy atom. The van der Waals surface area contributed by atoms with Gasteiger partial charge in [0, 0.05) is 4.47 Å². The first-order valence-corrected chi connectivity index (χ1v) is 11.2. The van der Waals surface area contributed by atoms with Gasteiger partial charge in [0.1, 0.15) is 11.7 Å². The van der Waals surface area contributed by atoms with Crippen LogP contribution < -0.4 is 19.7 Å². The first-order valence-electron chi connectivity index (χ1n) is 10.4. The van der Waals surface area contributed by atoms with Gasteiger partial charge in [0.05, 0.1) is 12.8 Å². The molecule has 3 aromatic rings. The fourth-order valence-electron chi connectivity index (χ4n) is 3.50. The van der Waals surface area contributed by atoms with Crippen molar-refractivity contribution in [2.45, 2.75) is 13.0 Å². The Kier molecular flexibility index (Phi) is 6.79. The van der Waals surface area contributed by atoms with Crippen molar-refractivity contribution in [2.75, 3.05) is 12.0 Å². The summed E-state index contributed by atoms with van der Waals surface area (Å²) in [5.74, 6) is -0.512. The Hall–Kier alpha value is -3.91. The number of halogens is 1. The van der Waals surface area contributed by atoms with Crippen molar-refractivity contribution in [3.63, 3.8) is 0 Å². The Labute approximate surface area is 205 Å². The predicted molar refractivity (Wildman–Crippen MR) is 132 cm³/mol. The van der Waals surface area contributed by atoms with Crippen molar-refractivity contribution in [1.82, 2.24) is 5.32 Å². The van der Waals surface area contributed by atoms with E-state index < -0.39 is 17.8 Å². The number of hydrogen-bond donors (Lipinski definition) is 1. The molecule has 4 amide bonds. The molecular weight excluding hydrogens is 500 g/mol. The molecule has 34 heavy (non-hydrogen) atoms. The van der Waals surface area contributed by atoms with Crippen LogP contribution in [0.25, 0.3) is 6.08 Å². The Morgan fingerprint density at radius 2 is 1.65 bits per heavy atom. The first kappa shape index (κ1) is 23.3. The zero-order valence-electron chi connectivity index (χ0n) is 18.4. The molecule has 3 aromatic carbocycles. The molecule has 8 heteroatoms. The highest BCUT2D eigenvalue weighted by Crippen LogP contribution is 2.33. The summed E-state index contributed by atoms with van der Waals surface area (Å²) in [4.78, 5) is 38.8. The van der Waals surface area contributed by atoms with E-state index in [9.17, 15) is 14.4 Å². The molecule has 0 bridgehead atoms. The molecule has 1 saturated heterocycles. The van der Waals surface area contributed by atoms with E-state index in [1.54, 1.807) is 42.5 Å². The van der Waals surface area contributed by atoms with Crippen LogP contribution >= 0.6 is 15.9 Å². The van der Waals surface area contributed by atoms with Crippen molar-refractivity contribution >= 4 is 45.5 Å². The zero-order valence-corrected chi connectivity index (χ0v) is 20.0. The maximum atomic E-state index is 13.1. The fourth-order valence-corrected chi connectivity index (χ4v) is 3.77. The van der Waals surface area contributed by atoms with Gasteiger partial charge in [0.15, 0.2) is 11.5 Å². The van der Waals surface area contributed by atoms with Crippen LogP contribution in [0.4, 0.5) is 10.5 Å². The predicted octanol–water partition coefficient (Wildman–Crippen LogP) is 5.26. The maximum Gasteiger partial charge on any atom is 0.335 e. The maximum absolute atomic E-state index is 13.1. The minimum atomic E-state index is -0.800. The largest absolute Gasteiger partial charge is 0.493 e. The monoisotopic (exact) mass is 520 g/mol. The highest BCUT2D eigenvalue weighted by molar-refractivity contribution is 9.10. The number of benzene rings is 3. The van der Waals surface area contributed by atoms with E-state index in [0.717, 1.165) is 14.9 Å². The van der Waals surface area contributed by atoms with Crippen LogP contribution in [-0.2, 0) is 9.59 Å². The molecule has 0 radical (unpaired) electrons. The zero-order chi connectivity index (χ0) is 24.2. The third-order valence-electron chi connectivity index (χ3n) is 5.26. The molecule has 1 N–H and O–H groups in total. The molecule has 0 saturated carbocycles. The van der Waals surface area contributed by atoms with E-state index in [0.29, 0.717) is 22.7 Å². The number of hydrogen-bond acceptors (Lipinski definition) is 5. The van der Waals surface area contributed by atoms with Crippen molar-refractivity contribution in [3.8, 4) is 11.5 Å². The number of imide groups is 2. The number of methoxy groups -OCH3 is 1. The summed E-state index contributed by atoms with van der Waals surface area (Å²) in [5, 5.41) is 2.22. The van der Waals surface area contributed by atoms with Crippen LogP contribution in [0.5, 0.6) is 11.5 Å². The molecule has 1 aliphatic heterocycles. The Morgan fingerprint density at radius 1 is 0.941 bits per heavy atom. The lowest BCUT2D eigenvalue weighted by molar-refractivity contribution is -0.122. The molecule has 172 valence electrons. The Balaban J connectivity index is 1.62. The van der Waals surface area contributed by atoms with Crippen LogP contribution in [0.15, 0.2) is 82.8 Å². The summed E-state index contributed by atoms with van der Waals surface area (Å²) < 4.78 is 12.3. The molecule has 0 aliphatic carbocycles. The lowest BCUT2D eigenvalue weighted by Crippen LogP contribution is -2.54. The summed E-state index contributed by atoms with van der Waals surface area (Å²) >= 11 is 3.32. The van der Waals surface area contributed by atoms with Gasteiger partial charge in [-0.1, -0.05) is 52.3 Å². The van der Waals surface area contributed by atoms with Gasteiger partial charge in [-0.15, -0.1) is 0 Å². The normalized spacial score (nSPS) is 15.8. The molecule has 1 aliphatic rings. The van der Waals surface area contributed by atoms with Gasteiger partial charge in [0.2, 0.25) is 0 Å². The van der Waals surface area contributed by atoms with Crippen LogP contribution in [0, 0.1) is 0 Å². The number of nitrogens with one attached hydrogen (secondary N) is 1. The van der Waals surface area contributed by atoms with Crippen molar-refractivity contribution in [2.24, 2.45) is 0 Å². The van der Waals surface area contributed by atoms with Gasteiger partial charge in [-0.2, -0.15) is 0 Å². The van der Waals surface area contributed by atoms with E-state index in [1.807, 2.05) is 37.3 Å². The van der Waals surface area contributed by atoms with Gasteiger partial charge in [-0.25, -0.2) is 9.69 Å². The molecule has 7 nitrogen and oxygen atoms in total. The van der Waals surface area contributed by atoms with Crippen molar-refractivity contribution in [3.05, 3.63) is 94.0 Å². The van der Waals surface area contributed by atoms with Crippen molar-refractivity contribution in [1.29, 1.82) is 0 Å². The number of nitrogens with zero attached hydrogens (tertiary/aromatic N) is 1. The van der Waals surface area contributed by atoms with Gasteiger partial charge in [-0.3, -0.25) is 14.9 Å². The third-order valence-corrected chi connectivity index (χ3v) is 5.79. The number of urea groups is 1. The summed E-state index contributed by atoms with van der Waals surface area (Å²) in [5.41, 5.74) is 1.73. The molecule has 0 aromatic heterocycles. The van der Waals surface area contributed by atoms with Gasteiger partial charge < -0.3 is 9.47 Å². The third kappa shape index (κ3) is 4.87. The number of anilines is 1. The van der Waals surface area contributed by atoms with E-state index in [-0.39, 0.29) is 11.7 Å². The number of ether oxygens (including phenoxy) is 2. The smallest absolute Gasteiger partial charge is 0.335 e. The highest BCUT2D eigenvalue weighted by Gasteiger charge is 2.36. The topological polar surface area (TPSA) is 84.9 Å². The minimum absolute atomic E-state index is 0.170. The fraction of sp³-hybridized carbons (Fsp3) is 0.115. The first-order chi connectivity index (χ1) is 16.4. The van der Waals surface area contributed by atoms with Crippen LogP contribution in [0.1, 0.15) is 24.2 Å². The number of carbonyl (C=O) groups is 3. The molecule has 0 spiro atoms. The lowest BCUT2D eigenvalue weighted by Gasteiger charge is -2.26. The molecule has 1 fully saturated rings. The number of rotatable bonds is 6. The van der Waals surface area contributed by atoms with E-state index in [1.165, 1.54) is 13.2 Å². The van der Waals surface area contributed by atoms with Gasteiger partial charge >= 0.3 is 6.03 Å². The SMILES string of the molecule is COc1cc(/C=C2/C(=O)NC(=O)N(c3ccc(Br)cc3)C2=O)ccc1O[C@@H](C)c1ccccc1. The van der Waals surface area contributed by atoms with Gasteiger partial charge in [0.25, 0.3) is 11.8 Å². The minimum Gasteiger partial charge on any atom is -0.493 e. The number of amides is 4. The van der Waals surface area contributed by atoms with Gasteiger partial charge in [-0.05, 0) is 60.5 Å². The number of barbiturate groups is 1. The second-order valence-corrected chi connectivity index (χ2v) is 8.43. The van der Waals surface area contributed by atoms with Crippen LogP contribution in [0.3, 0.4) is 0 Å². The molecular formula is C26H21BrN2O5. The average molecular weight is 521 g/mol. The Bertz CT molecular complexity index is 1270.